The SMILES string of the molecule is CC.CC(C)OC(N)=O.CCNS(=O)(=O)c1cc(Nc2ccc(C(C)C)nn2)ccc1-c1cnc(C2CCCCC2)s1. The minimum absolute atomic E-state index is 0.0995. The number of hydrogen-bond acceptors (Lipinski definition) is 9. The van der Waals surface area contributed by atoms with Crippen LogP contribution in [0.3, 0.4) is 0 Å². The van der Waals surface area contributed by atoms with E-state index in [1.807, 2.05) is 44.3 Å². The van der Waals surface area contributed by atoms with Crippen LogP contribution in [-0.2, 0) is 14.8 Å². The fourth-order valence-corrected chi connectivity index (χ4v) is 6.82. The van der Waals surface area contributed by atoms with Crippen LogP contribution in [0, 0.1) is 0 Å². The Labute approximate surface area is 254 Å². The number of nitrogens with zero attached hydrogens (tertiary/aromatic N) is 3. The molecule has 1 amide bonds. The van der Waals surface area contributed by atoms with Crippen molar-refractivity contribution in [2.75, 3.05) is 11.9 Å². The quantitative estimate of drug-likeness (QED) is 0.226. The van der Waals surface area contributed by atoms with E-state index in [0.29, 0.717) is 35.4 Å². The number of nitrogens with one attached hydrogen (secondary N) is 2. The molecule has 232 valence electrons. The van der Waals surface area contributed by atoms with E-state index in [2.05, 4.69) is 49.5 Å². The summed E-state index contributed by atoms with van der Waals surface area (Å²) >= 11 is 1.61. The molecule has 1 saturated carbocycles. The molecule has 4 rings (SSSR count). The number of aromatic nitrogens is 3. The van der Waals surface area contributed by atoms with Crippen LogP contribution >= 0.6 is 11.3 Å². The Balaban J connectivity index is 0.000000601. The first-order chi connectivity index (χ1) is 20.0. The van der Waals surface area contributed by atoms with Gasteiger partial charge in [-0.15, -0.1) is 16.4 Å². The minimum Gasteiger partial charge on any atom is -0.447 e. The number of nitrogens with two attached hydrogens (primary N) is 1. The third-order valence-corrected chi connectivity index (χ3v) is 9.03. The van der Waals surface area contributed by atoms with Crippen LogP contribution in [-0.4, -0.2) is 42.3 Å². The predicted molar refractivity (Wildman–Crippen MR) is 171 cm³/mol. The Morgan fingerprint density at radius 1 is 1.07 bits per heavy atom. The van der Waals surface area contributed by atoms with Gasteiger partial charge < -0.3 is 15.8 Å². The molecule has 12 heteroatoms. The first-order valence-electron chi connectivity index (χ1n) is 14.7. The molecule has 0 bridgehead atoms. The second-order valence-electron chi connectivity index (χ2n) is 10.2. The molecule has 1 aromatic carbocycles. The Hall–Kier alpha value is -3.09. The van der Waals surface area contributed by atoms with Gasteiger partial charge in [0.2, 0.25) is 10.0 Å². The standard InChI is InChI=1S/C24H31N5O2S2.C4H9NO2.C2H6/c1-4-26-33(30,31)22-14-18(27-23-13-12-20(16(2)3)28-29-23)10-11-19(22)21-15-25-24(32-21)17-8-6-5-7-9-17;1-3(2)7-4(5)6;1-2/h10-17,26H,4-9H2,1-3H3,(H,27,29);3H,1-2H3,(H2,5,6);1-2H3. The van der Waals surface area contributed by atoms with Gasteiger partial charge in [-0.2, -0.15) is 5.10 Å². The molecular weight excluding hydrogens is 573 g/mol. The number of benzene rings is 1. The highest BCUT2D eigenvalue weighted by Gasteiger charge is 2.23. The van der Waals surface area contributed by atoms with Crippen molar-refractivity contribution >= 4 is 39.0 Å². The molecule has 0 saturated heterocycles. The van der Waals surface area contributed by atoms with Gasteiger partial charge in [0.05, 0.1) is 26.6 Å². The van der Waals surface area contributed by atoms with Gasteiger partial charge in [0, 0.05) is 29.9 Å². The number of thiazole rings is 1. The summed E-state index contributed by atoms with van der Waals surface area (Å²) in [4.78, 5) is 15.6. The number of hydrogen-bond donors (Lipinski definition) is 3. The van der Waals surface area contributed by atoms with E-state index in [-0.39, 0.29) is 11.0 Å². The molecule has 2 aromatic heterocycles. The van der Waals surface area contributed by atoms with Gasteiger partial charge in [0.15, 0.2) is 5.82 Å². The fraction of sp³-hybridized carbons (Fsp3) is 0.533. The van der Waals surface area contributed by atoms with Crippen molar-refractivity contribution < 1.29 is 17.9 Å². The maximum absolute atomic E-state index is 13.1. The van der Waals surface area contributed by atoms with E-state index in [9.17, 15) is 13.2 Å². The zero-order valence-corrected chi connectivity index (χ0v) is 27.4. The molecule has 1 fully saturated rings. The fourth-order valence-electron chi connectivity index (χ4n) is 4.34. The summed E-state index contributed by atoms with van der Waals surface area (Å²) in [5, 5.41) is 12.8. The maximum Gasteiger partial charge on any atom is 0.404 e. The van der Waals surface area contributed by atoms with Gasteiger partial charge in [0.1, 0.15) is 0 Å². The van der Waals surface area contributed by atoms with Gasteiger partial charge in [-0.1, -0.05) is 59.9 Å². The van der Waals surface area contributed by atoms with Gasteiger partial charge in [-0.25, -0.2) is 22.9 Å². The number of carbonyl (C=O) groups excluding carboxylic acids is 1. The van der Waals surface area contributed by atoms with Crippen molar-refractivity contribution in [3.8, 4) is 10.4 Å². The number of sulfonamides is 1. The highest BCUT2D eigenvalue weighted by molar-refractivity contribution is 7.89. The number of carbonyl (C=O) groups is 1. The molecule has 0 spiro atoms. The van der Waals surface area contributed by atoms with Crippen LogP contribution < -0.4 is 15.8 Å². The average Bonchev–Trinajstić information content (AvgIpc) is 3.45. The molecule has 10 nitrogen and oxygen atoms in total. The van der Waals surface area contributed by atoms with Crippen molar-refractivity contribution in [2.45, 2.75) is 103 Å². The van der Waals surface area contributed by atoms with E-state index in [4.69, 9.17) is 0 Å². The number of rotatable bonds is 9. The van der Waals surface area contributed by atoms with Crippen LogP contribution in [0.1, 0.15) is 103 Å². The summed E-state index contributed by atoms with van der Waals surface area (Å²) in [6.45, 7) is 13.7. The van der Waals surface area contributed by atoms with Crippen LogP contribution in [0.4, 0.5) is 16.3 Å². The van der Waals surface area contributed by atoms with Crippen molar-refractivity contribution in [3.63, 3.8) is 0 Å². The summed E-state index contributed by atoms with van der Waals surface area (Å²) in [6.07, 6.45) is 7.09. The molecule has 2 heterocycles. The summed E-state index contributed by atoms with van der Waals surface area (Å²) < 4.78 is 33.2. The van der Waals surface area contributed by atoms with Crippen LogP contribution in [0.25, 0.3) is 10.4 Å². The lowest BCUT2D eigenvalue weighted by atomic mass is 9.90. The Morgan fingerprint density at radius 3 is 2.29 bits per heavy atom. The van der Waals surface area contributed by atoms with Crippen molar-refractivity contribution in [3.05, 3.63) is 47.2 Å². The molecule has 0 aliphatic heterocycles. The second-order valence-corrected chi connectivity index (χ2v) is 13.0. The van der Waals surface area contributed by atoms with E-state index >= 15 is 0 Å². The highest BCUT2D eigenvalue weighted by Crippen LogP contribution is 2.39. The Kier molecular flexibility index (Phi) is 14.3. The van der Waals surface area contributed by atoms with Gasteiger partial charge in [-0.05, 0) is 56.9 Å². The van der Waals surface area contributed by atoms with Crippen LogP contribution in [0.5, 0.6) is 0 Å². The molecule has 4 N–H and O–H groups in total. The normalized spacial score (nSPS) is 13.5. The van der Waals surface area contributed by atoms with E-state index < -0.39 is 16.1 Å². The van der Waals surface area contributed by atoms with Crippen LogP contribution in [0.2, 0.25) is 0 Å². The highest BCUT2D eigenvalue weighted by atomic mass is 32.2. The summed E-state index contributed by atoms with van der Waals surface area (Å²) in [5.41, 5.74) is 6.85. The molecule has 0 radical (unpaired) electrons. The largest absolute Gasteiger partial charge is 0.447 e. The first kappa shape index (κ1) is 35.1. The predicted octanol–water partition coefficient (Wildman–Crippen LogP) is 7.33. The van der Waals surface area contributed by atoms with Gasteiger partial charge in [-0.3, -0.25) is 0 Å². The number of primary amides is 1. The zero-order valence-electron chi connectivity index (χ0n) is 25.8. The maximum atomic E-state index is 13.1. The summed E-state index contributed by atoms with van der Waals surface area (Å²) in [6, 6.07) is 9.16. The minimum atomic E-state index is -3.68. The molecule has 1 aliphatic rings. The number of anilines is 2. The number of amides is 1. The Morgan fingerprint density at radius 2 is 1.76 bits per heavy atom. The van der Waals surface area contributed by atoms with Crippen LogP contribution in [0.15, 0.2) is 41.4 Å². The molecule has 3 aromatic rings. The topological polar surface area (TPSA) is 149 Å². The van der Waals surface area contributed by atoms with E-state index in [1.54, 1.807) is 38.2 Å². The monoisotopic (exact) mass is 618 g/mol. The molecule has 0 atom stereocenters. The molecule has 42 heavy (non-hydrogen) atoms. The Bertz CT molecular complexity index is 1350. The second kappa shape index (κ2) is 17.1. The molecule has 0 unspecified atom stereocenters. The lowest BCUT2D eigenvalue weighted by Crippen LogP contribution is -2.23. The smallest absolute Gasteiger partial charge is 0.404 e. The van der Waals surface area contributed by atoms with E-state index in [0.717, 1.165) is 28.4 Å². The third-order valence-electron chi connectivity index (χ3n) is 6.25. The van der Waals surface area contributed by atoms with Crippen molar-refractivity contribution in [2.24, 2.45) is 5.73 Å². The van der Waals surface area contributed by atoms with E-state index in [1.165, 1.54) is 19.3 Å². The summed E-state index contributed by atoms with van der Waals surface area (Å²) in [5.74, 6) is 1.34. The lowest BCUT2D eigenvalue weighted by Gasteiger charge is -2.18. The molecular formula is C30H46N6O4S2. The first-order valence-corrected chi connectivity index (χ1v) is 17.0. The van der Waals surface area contributed by atoms with Gasteiger partial charge >= 0.3 is 6.09 Å². The zero-order chi connectivity index (χ0) is 31.3. The van der Waals surface area contributed by atoms with Crippen molar-refractivity contribution in [1.82, 2.24) is 19.9 Å². The molecule has 1 aliphatic carbocycles. The van der Waals surface area contributed by atoms with Gasteiger partial charge in [0.25, 0.3) is 0 Å². The van der Waals surface area contributed by atoms with Crippen molar-refractivity contribution in [1.29, 1.82) is 0 Å². The number of ether oxygens (including phenoxy) is 1. The average molecular weight is 619 g/mol. The lowest BCUT2D eigenvalue weighted by molar-refractivity contribution is 0.125. The summed E-state index contributed by atoms with van der Waals surface area (Å²) in [7, 11) is -3.68. The third kappa shape index (κ3) is 10.6.